The summed E-state index contributed by atoms with van der Waals surface area (Å²) in [5, 5.41) is 45.0. The van der Waals surface area contributed by atoms with E-state index in [-0.39, 0.29) is 18.9 Å². The van der Waals surface area contributed by atoms with E-state index >= 15 is 0 Å². The van der Waals surface area contributed by atoms with Crippen LogP contribution in [0.2, 0.25) is 0 Å². The van der Waals surface area contributed by atoms with Crippen LogP contribution in [0.1, 0.15) is 258 Å². The van der Waals surface area contributed by atoms with Gasteiger partial charge in [0.2, 0.25) is 5.91 Å². The molecule has 0 aromatic heterocycles. The van der Waals surface area contributed by atoms with Gasteiger partial charge < -0.3 is 35.2 Å². The molecule has 12 nitrogen and oxygen atoms in total. The van der Waals surface area contributed by atoms with Crippen LogP contribution in [0.3, 0.4) is 0 Å². The van der Waals surface area contributed by atoms with Crippen molar-refractivity contribution in [2.24, 2.45) is 0 Å². The summed E-state index contributed by atoms with van der Waals surface area (Å²) in [6.07, 6.45) is 49.0. The fourth-order valence-electron chi connectivity index (χ4n) is 9.08. The van der Waals surface area contributed by atoms with Gasteiger partial charge in [-0.25, -0.2) is 4.18 Å². The molecule has 406 valence electrons. The van der Waals surface area contributed by atoms with Crippen molar-refractivity contribution in [1.82, 2.24) is 5.32 Å². The van der Waals surface area contributed by atoms with E-state index in [1.807, 2.05) is 6.08 Å². The van der Waals surface area contributed by atoms with Crippen molar-refractivity contribution in [3.05, 3.63) is 36.5 Å². The van der Waals surface area contributed by atoms with Crippen molar-refractivity contribution >= 4 is 16.3 Å². The quantitative estimate of drug-likeness (QED) is 0.0193. The Morgan fingerprint density at radius 1 is 0.594 bits per heavy atom. The Kier molecular flexibility index (Phi) is 43.7. The van der Waals surface area contributed by atoms with Crippen LogP contribution in [0, 0.1) is 0 Å². The lowest BCUT2D eigenvalue weighted by atomic mass is 9.99. The van der Waals surface area contributed by atoms with Crippen LogP contribution in [0.25, 0.3) is 0 Å². The van der Waals surface area contributed by atoms with Gasteiger partial charge in [0.1, 0.15) is 24.4 Å². The lowest BCUT2D eigenvalue weighted by Crippen LogP contribution is -2.61. The number of amides is 1. The Morgan fingerprint density at radius 2 is 1.01 bits per heavy atom. The molecule has 1 fully saturated rings. The van der Waals surface area contributed by atoms with Gasteiger partial charge in [-0.15, -0.1) is 0 Å². The second kappa shape index (κ2) is 46.1. The van der Waals surface area contributed by atoms with Crippen molar-refractivity contribution in [3.8, 4) is 0 Å². The molecule has 0 aromatic rings. The molecule has 69 heavy (non-hydrogen) atoms. The standard InChI is InChI=1S/C56H105NO11S/c1-3-5-7-9-11-13-15-17-19-21-23-25-27-29-31-33-35-37-39-41-43-45-50(59)49(48-66-56-54(62)55(68-69(63,64)65)53(61)51(47-58)67-56)57-52(60)46-44-42-40-38-36-34-32-30-28-26-24-22-20-18-16-14-12-10-8-6-4-2/h6,8,12,14,43,45,49-51,53-56,58-59,61-62H,3-5,7,9-11,13,15-42,44,46-48H2,1-2H3,(H,57,60)(H,63,64,65)/b8-6-,14-12-,45-43+. The molecule has 0 saturated carbocycles. The minimum Gasteiger partial charge on any atom is -0.394 e. The number of aliphatic hydroxyl groups is 4. The molecule has 1 aliphatic heterocycles. The molecular formula is C56H105NO11S. The molecule has 0 radical (unpaired) electrons. The molecule has 6 N–H and O–H groups in total. The van der Waals surface area contributed by atoms with Crippen LogP contribution in [0.5, 0.6) is 0 Å². The first-order valence-electron chi connectivity index (χ1n) is 28.4. The molecule has 1 aliphatic rings. The highest BCUT2D eigenvalue weighted by Crippen LogP contribution is 2.26. The van der Waals surface area contributed by atoms with Gasteiger partial charge in [-0.2, -0.15) is 8.42 Å². The third-order valence-corrected chi connectivity index (χ3v) is 13.9. The summed E-state index contributed by atoms with van der Waals surface area (Å²) in [7, 11) is -5.09. The smallest absolute Gasteiger partial charge is 0.394 e. The van der Waals surface area contributed by atoms with E-state index in [1.165, 1.54) is 180 Å². The summed E-state index contributed by atoms with van der Waals surface area (Å²) < 4.78 is 47.8. The van der Waals surface area contributed by atoms with E-state index in [1.54, 1.807) is 6.08 Å². The minimum absolute atomic E-state index is 0.261. The SMILES string of the molecule is CC/C=C\C/C=C\CCCCCCCCCCCCCCCCC(=O)NC(COC1OC(CO)C(O)C(OS(=O)(=O)O)C1O)C(O)/C=C/CCCCCCCCCCCCCCCCCCCCC. The Morgan fingerprint density at radius 3 is 1.45 bits per heavy atom. The monoisotopic (exact) mass is 1000 g/mol. The van der Waals surface area contributed by atoms with Crippen LogP contribution in [-0.2, 0) is 28.9 Å². The van der Waals surface area contributed by atoms with Crippen LogP contribution in [0.4, 0.5) is 0 Å². The van der Waals surface area contributed by atoms with E-state index in [9.17, 15) is 38.2 Å². The highest BCUT2D eigenvalue weighted by Gasteiger charge is 2.48. The number of ether oxygens (including phenoxy) is 2. The maximum Gasteiger partial charge on any atom is 0.397 e. The van der Waals surface area contributed by atoms with E-state index in [0.29, 0.717) is 6.42 Å². The predicted octanol–water partition coefficient (Wildman–Crippen LogP) is 13.0. The largest absolute Gasteiger partial charge is 0.397 e. The van der Waals surface area contributed by atoms with Gasteiger partial charge >= 0.3 is 10.4 Å². The predicted molar refractivity (Wildman–Crippen MR) is 282 cm³/mol. The Balaban J connectivity index is 2.39. The number of carbonyl (C=O) groups excluding carboxylic acids is 1. The fourth-order valence-corrected chi connectivity index (χ4v) is 9.59. The summed E-state index contributed by atoms with van der Waals surface area (Å²) in [6, 6.07) is -0.944. The first-order valence-corrected chi connectivity index (χ1v) is 29.7. The molecule has 1 amide bonds. The molecule has 7 unspecified atom stereocenters. The topological polar surface area (TPSA) is 192 Å². The lowest BCUT2D eigenvalue weighted by Gasteiger charge is -2.41. The summed E-state index contributed by atoms with van der Waals surface area (Å²) in [4.78, 5) is 13.1. The van der Waals surface area contributed by atoms with Crippen molar-refractivity contribution in [2.45, 2.75) is 301 Å². The average Bonchev–Trinajstić information content (AvgIpc) is 3.32. The summed E-state index contributed by atoms with van der Waals surface area (Å²) in [5.74, 6) is -0.261. The summed E-state index contributed by atoms with van der Waals surface area (Å²) >= 11 is 0. The lowest BCUT2D eigenvalue weighted by molar-refractivity contribution is -0.298. The number of nitrogens with one attached hydrogen (secondary N) is 1. The summed E-state index contributed by atoms with van der Waals surface area (Å²) in [5.41, 5.74) is 0. The van der Waals surface area contributed by atoms with Crippen molar-refractivity contribution in [3.63, 3.8) is 0 Å². The van der Waals surface area contributed by atoms with Gasteiger partial charge in [0.05, 0.1) is 25.4 Å². The Bertz CT molecular complexity index is 1360. The highest BCUT2D eigenvalue weighted by atomic mass is 32.3. The number of hydrogen-bond acceptors (Lipinski definition) is 10. The van der Waals surface area contributed by atoms with Gasteiger partial charge in [0, 0.05) is 6.42 Å². The molecule has 13 heteroatoms. The molecule has 1 rings (SSSR count). The normalized spacial score (nSPS) is 19.9. The number of aliphatic hydroxyl groups excluding tert-OH is 4. The Hall–Kier alpha value is -1.68. The number of unbranched alkanes of at least 4 members (excludes halogenated alkanes) is 33. The maximum absolute atomic E-state index is 13.1. The minimum atomic E-state index is -5.09. The first-order chi connectivity index (χ1) is 33.5. The zero-order valence-corrected chi connectivity index (χ0v) is 44.7. The van der Waals surface area contributed by atoms with E-state index in [4.69, 9.17) is 9.47 Å². The van der Waals surface area contributed by atoms with Crippen LogP contribution < -0.4 is 5.32 Å². The van der Waals surface area contributed by atoms with E-state index < -0.39 is 59.9 Å². The van der Waals surface area contributed by atoms with Crippen LogP contribution in [0.15, 0.2) is 36.5 Å². The molecule has 0 bridgehead atoms. The van der Waals surface area contributed by atoms with Gasteiger partial charge in [0.15, 0.2) is 6.29 Å². The maximum atomic E-state index is 13.1. The third-order valence-electron chi connectivity index (χ3n) is 13.4. The fraction of sp³-hybridized carbons (Fsp3) is 0.875. The zero-order valence-electron chi connectivity index (χ0n) is 43.9. The molecule has 1 saturated heterocycles. The van der Waals surface area contributed by atoms with Gasteiger partial charge in [-0.05, 0) is 44.9 Å². The van der Waals surface area contributed by atoms with E-state index in [0.717, 1.165) is 51.4 Å². The number of hydrogen-bond donors (Lipinski definition) is 6. The average molecular weight is 1000 g/mol. The van der Waals surface area contributed by atoms with Crippen molar-refractivity contribution in [1.29, 1.82) is 0 Å². The van der Waals surface area contributed by atoms with Crippen LogP contribution >= 0.6 is 0 Å². The second-order valence-corrected chi connectivity index (χ2v) is 20.9. The van der Waals surface area contributed by atoms with Gasteiger partial charge in [0.25, 0.3) is 0 Å². The van der Waals surface area contributed by atoms with Crippen LogP contribution in [-0.4, -0.2) is 95.4 Å². The van der Waals surface area contributed by atoms with Gasteiger partial charge in [-0.3, -0.25) is 9.35 Å². The Labute approximate surface area is 422 Å². The number of rotatable bonds is 49. The third kappa shape index (κ3) is 38.6. The molecule has 0 spiro atoms. The van der Waals surface area contributed by atoms with E-state index in [2.05, 4.69) is 47.7 Å². The highest BCUT2D eigenvalue weighted by molar-refractivity contribution is 7.80. The van der Waals surface area contributed by atoms with Gasteiger partial charge in [-0.1, -0.05) is 243 Å². The van der Waals surface area contributed by atoms with Crippen molar-refractivity contribution < 1.29 is 51.8 Å². The molecular weight excluding hydrogens is 895 g/mol. The first kappa shape index (κ1) is 65.3. The summed E-state index contributed by atoms with van der Waals surface area (Å²) in [6.45, 7) is 3.32. The molecule has 0 aliphatic carbocycles. The number of allylic oxidation sites excluding steroid dienone is 5. The number of carbonyl (C=O) groups is 1. The zero-order chi connectivity index (χ0) is 50.5. The molecule has 1 heterocycles. The van der Waals surface area contributed by atoms with Crippen molar-refractivity contribution in [2.75, 3.05) is 13.2 Å². The second-order valence-electron chi connectivity index (χ2n) is 19.8. The molecule has 0 aromatic carbocycles. The molecule has 7 atom stereocenters.